The van der Waals surface area contributed by atoms with E-state index >= 15 is 0 Å². The van der Waals surface area contributed by atoms with E-state index in [0.29, 0.717) is 6.42 Å². The summed E-state index contributed by atoms with van der Waals surface area (Å²) in [5, 5.41) is 0. The van der Waals surface area contributed by atoms with E-state index in [9.17, 15) is 4.79 Å². The fraction of sp³-hybridized carbons (Fsp3) is 0.111. The molecule has 0 aliphatic rings. The van der Waals surface area contributed by atoms with Crippen LogP contribution in [0.25, 0.3) is 6.08 Å². The summed E-state index contributed by atoms with van der Waals surface area (Å²) in [5.74, 6) is 6.20. The highest BCUT2D eigenvalue weighted by Gasteiger charge is 2.16. The van der Waals surface area contributed by atoms with E-state index in [1.807, 2.05) is 91.0 Å². The van der Waals surface area contributed by atoms with Gasteiger partial charge in [0.05, 0.1) is 6.04 Å². The van der Waals surface area contributed by atoms with Gasteiger partial charge >= 0.3 is 0 Å². The molecule has 0 heterocycles. The molecule has 0 aliphatic heterocycles. The Balaban J connectivity index is 1.78. The van der Waals surface area contributed by atoms with E-state index in [1.165, 1.54) is 6.08 Å². The minimum atomic E-state index is -0.414. The number of aliphatic imine (C=N–C) groups is 1. The third kappa shape index (κ3) is 7.02. The number of likely N-dealkylation sites (N-methyl/N-ethyl adjacent to an activating group) is 1. The lowest BCUT2D eigenvalue weighted by molar-refractivity contribution is -0.113. The van der Waals surface area contributed by atoms with Gasteiger partial charge in [0.25, 0.3) is 5.91 Å². The number of hydrogen-bond donors (Lipinski definition) is 1. The Labute approximate surface area is 183 Å². The number of hydrogen-bond acceptors (Lipinski definition) is 1. The maximum atomic E-state index is 12.3. The zero-order valence-electron chi connectivity index (χ0n) is 17.5. The second-order valence-corrected chi connectivity index (χ2v) is 7.00. The van der Waals surface area contributed by atoms with Gasteiger partial charge in [0.15, 0.2) is 5.96 Å². The third-order valence-electron chi connectivity index (χ3n) is 4.70. The molecule has 0 bridgehead atoms. The van der Waals surface area contributed by atoms with Crippen molar-refractivity contribution in [3.8, 4) is 11.8 Å². The summed E-state index contributed by atoms with van der Waals surface area (Å²) in [7, 11) is 1.81. The summed E-state index contributed by atoms with van der Waals surface area (Å²) >= 11 is 0. The lowest BCUT2D eigenvalue weighted by atomic mass is 10.0. The number of amides is 1. The van der Waals surface area contributed by atoms with Gasteiger partial charge in [-0.15, -0.1) is 0 Å². The first kappa shape index (κ1) is 21.6. The largest absolute Gasteiger partial charge is 0.369 e. The van der Waals surface area contributed by atoms with Crippen LogP contribution in [0.4, 0.5) is 0 Å². The Hall–Kier alpha value is -4.10. The Kier molecular flexibility index (Phi) is 7.79. The van der Waals surface area contributed by atoms with Crippen LogP contribution < -0.4 is 5.73 Å². The standard InChI is InChI=1S/C27H25N3O/c1-30(27(28)29-26(31)20-18-23-13-7-3-8-14-23)25(21-24-15-9-4-10-16-24)19-17-22-11-5-2-6-12-22/h2-16,18,20,25H,21H2,1H3,(H2,28,29,31)/b20-18+. The van der Waals surface area contributed by atoms with Crippen molar-refractivity contribution in [1.29, 1.82) is 0 Å². The second kappa shape index (κ2) is 11.2. The van der Waals surface area contributed by atoms with Gasteiger partial charge in [-0.2, -0.15) is 4.99 Å². The molecule has 4 heteroatoms. The molecule has 0 fully saturated rings. The summed E-state index contributed by atoms with van der Waals surface area (Å²) in [6, 6.07) is 29.2. The van der Waals surface area contributed by atoms with E-state index in [2.05, 4.69) is 16.8 Å². The summed E-state index contributed by atoms with van der Waals surface area (Å²) in [5.41, 5.74) is 9.14. The number of guanidine groups is 1. The van der Waals surface area contributed by atoms with Gasteiger partial charge in [-0.05, 0) is 29.3 Å². The number of rotatable bonds is 5. The molecule has 0 aliphatic carbocycles. The quantitative estimate of drug-likeness (QED) is 0.299. The lowest BCUT2D eigenvalue weighted by Crippen LogP contribution is -2.42. The van der Waals surface area contributed by atoms with Gasteiger partial charge in [-0.3, -0.25) is 4.79 Å². The minimum absolute atomic E-state index is 0.131. The van der Waals surface area contributed by atoms with Crippen molar-refractivity contribution in [2.45, 2.75) is 12.5 Å². The molecule has 3 aromatic carbocycles. The van der Waals surface area contributed by atoms with Crippen molar-refractivity contribution in [3.63, 3.8) is 0 Å². The van der Waals surface area contributed by atoms with E-state index in [4.69, 9.17) is 5.73 Å². The van der Waals surface area contributed by atoms with Crippen molar-refractivity contribution in [1.82, 2.24) is 4.90 Å². The Bertz CT molecular complexity index is 1090. The van der Waals surface area contributed by atoms with Gasteiger partial charge in [0.1, 0.15) is 0 Å². The first-order valence-corrected chi connectivity index (χ1v) is 10.1. The highest BCUT2D eigenvalue weighted by Crippen LogP contribution is 2.09. The maximum Gasteiger partial charge on any atom is 0.272 e. The molecule has 0 spiro atoms. The third-order valence-corrected chi connectivity index (χ3v) is 4.70. The van der Waals surface area contributed by atoms with Crippen LogP contribution in [0.1, 0.15) is 16.7 Å². The molecular weight excluding hydrogens is 382 g/mol. The van der Waals surface area contributed by atoms with Crippen molar-refractivity contribution in [2.24, 2.45) is 10.7 Å². The fourth-order valence-electron chi connectivity index (χ4n) is 2.93. The molecule has 154 valence electrons. The fourth-order valence-corrected chi connectivity index (χ4v) is 2.93. The Morgan fingerprint density at radius 1 is 0.968 bits per heavy atom. The summed E-state index contributed by atoms with van der Waals surface area (Å²) in [6.45, 7) is 0. The molecule has 0 saturated heterocycles. The van der Waals surface area contributed by atoms with E-state index < -0.39 is 5.91 Å². The molecule has 3 rings (SSSR count). The topological polar surface area (TPSA) is 58.7 Å². The molecule has 1 unspecified atom stereocenters. The molecular formula is C27H25N3O. The van der Waals surface area contributed by atoms with Crippen LogP contribution in [0.15, 0.2) is 102 Å². The first-order chi connectivity index (χ1) is 15.1. The summed E-state index contributed by atoms with van der Waals surface area (Å²) in [6.07, 6.45) is 3.79. The average molecular weight is 408 g/mol. The van der Waals surface area contributed by atoms with Crippen molar-refractivity contribution < 1.29 is 4.79 Å². The van der Waals surface area contributed by atoms with Crippen molar-refractivity contribution >= 4 is 17.9 Å². The van der Waals surface area contributed by atoms with Gasteiger partial charge in [0, 0.05) is 25.1 Å². The molecule has 31 heavy (non-hydrogen) atoms. The summed E-state index contributed by atoms with van der Waals surface area (Å²) in [4.78, 5) is 18.1. The molecule has 0 radical (unpaired) electrons. The van der Waals surface area contributed by atoms with Crippen LogP contribution in [0.2, 0.25) is 0 Å². The predicted octanol–water partition coefficient (Wildman–Crippen LogP) is 4.14. The van der Waals surface area contributed by atoms with Crippen LogP contribution >= 0.6 is 0 Å². The second-order valence-electron chi connectivity index (χ2n) is 7.00. The Morgan fingerprint density at radius 3 is 2.19 bits per heavy atom. The van der Waals surface area contributed by atoms with Gasteiger partial charge in [-0.25, -0.2) is 0 Å². The lowest BCUT2D eigenvalue weighted by Gasteiger charge is -2.25. The highest BCUT2D eigenvalue weighted by molar-refractivity contribution is 6.00. The maximum absolute atomic E-state index is 12.3. The molecule has 3 aromatic rings. The zero-order chi connectivity index (χ0) is 21.9. The monoisotopic (exact) mass is 407 g/mol. The van der Waals surface area contributed by atoms with Crippen LogP contribution in [-0.4, -0.2) is 29.9 Å². The molecule has 1 atom stereocenters. The van der Waals surface area contributed by atoms with E-state index in [0.717, 1.165) is 16.7 Å². The van der Waals surface area contributed by atoms with Crippen LogP contribution in [0.5, 0.6) is 0 Å². The van der Waals surface area contributed by atoms with Gasteiger partial charge in [0.2, 0.25) is 0 Å². The Morgan fingerprint density at radius 2 is 1.55 bits per heavy atom. The number of carbonyl (C=O) groups excluding carboxylic acids is 1. The minimum Gasteiger partial charge on any atom is -0.369 e. The molecule has 0 aromatic heterocycles. The van der Waals surface area contributed by atoms with E-state index in [1.54, 1.807) is 18.0 Å². The van der Waals surface area contributed by atoms with Crippen molar-refractivity contribution in [3.05, 3.63) is 114 Å². The van der Waals surface area contributed by atoms with Gasteiger partial charge in [-0.1, -0.05) is 90.7 Å². The number of nitrogens with two attached hydrogens (primary N) is 1. The van der Waals surface area contributed by atoms with Crippen LogP contribution in [-0.2, 0) is 11.2 Å². The van der Waals surface area contributed by atoms with Gasteiger partial charge < -0.3 is 10.6 Å². The van der Waals surface area contributed by atoms with Crippen LogP contribution in [0.3, 0.4) is 0 Å². The SMILES string of the molecule is CN(C(N)=NC(=O)/C=C/c1ccccc1)C(C#Cc1ccccc1)Cc1ccccc1. The molecule has 0 saturated carbocycles. The number of benzene rings is 3. The predicted molar refractivity (Wildman–Crippen MR) is 127 cm³/mol. The molecule has 4 nitrogen and oxygen atoms in total. The molecule has 1 amide bonds. The van der Waals surface area contributed by atoms with E-state index in [-0.39, 0.29) is 12.0 Å². The normalized spacial score (nSPS) is 12.1. The smallest absolute Gasteiger partial charge is 0.272 e. The summed E-state index contributed by atoms with van der Waals surface area (Å²) < 4.78 is 0. The van der Waals surface area contributed by atoms with Crippen LogP contribution in [0, 0.1) is 11.8 Å². The first-order valence-electron chi connectivity index (χ1n) is 10.1. The number of carbonyl (C=O) groups is 1. The molecule has 2 N–H and O–H groups in total. The highest BCUT2D eigenvalue weighted by atomic mass is 16.1. The number of nitrogens with zero attached hydrogens (tertiary/aromatic N) is 2. The zero-order valence-corrected chi connectivity index (χ0v) is 17.5. The van der Waals surface area contributed by atoms with Crippen molar-refractivity contribution in [2.75, 3.05) is 7.05 Å². The average Bonchev–Trinajstić information content (AvgIpc) is 2.82.